The van der Waals surface area contributed by atoms with Crippen LogP contribution in [0.4, 0.5) is 5.82 Å². The average molecular weight is 430 g/mol. The number of aromatic nitrogens is 7. The Morgan fingerprint density at radius 3 is 2.53 bits per heavy atom. The molecule has 1 aliphatic carbocycles. The number of ether oxygens (including phenoxy) is 1. The molecule has 1 aliphatic heterocycles. The molecule has 1 unspecified atom stereocenters. The number of pyridine rings is 1. The summed E-state index contributed by atoms with van der Waals surface area (Å²) in [5.41, 5.74) is 8.51. The number of nitrogens with zero attached hydrogens (tertiary/aromatic N) is 7. The largest absolute Gasteiger partial charge is 0.382 e. The Bertz CT molecular complexity index is 1240. The molecule has 0 spiro atoms. The van der Waals surface area contributed by atoms with Gasteiger partial charge in [0.1, 0.15) is 11.5 Å². The van der Waals surface area contributed by atoms with Crippen LogP contribution in [0.25, 0.3) is 22.8 Å². The van der Waals surface area contributed by atoms with E-state index in [1.807, 2.05) is 23.1 Å². The Kier molecular flexibility index (Phi) is 4.29. The Morgan fingerprint density at radius 2 is 1.88 bits per heavy atom. The summed E-state index contributed by atoms with van der Waals surface area (Å²) in [4.78, 5) is 17.8. The van der Waals surface area contributed by atoms with E-state index in [9.17, 15) is 0 Å². The molecule has 2 fully saturated rings. The van der Waals surface area contributed by atoms with Crippen molar-refractivity contribution in [2.75, 3.05) is 18.9 Å². The number of anilines is 1. The molecule has 32 heavy (non-hydrogen) atoms. The van der Waals surface area contributed by atoms with E-state index in [0.717, 1.165) is 29.7 Å². The highest BCUT2D eigenvalue weighted by molar-refractivity contribution is 5.55. The lowest BCUT2D eigenvalue weighted by molar-refractivity contribution is -0.0286. The molecule has 4 aromatic rings. The first-order chi connectivity index (χ1) is 15.6. The number of nitrogen functional groups attached to an aromatic ring is 1. The number of hydrogen-bond acceptors (Lipinski definition) is 9. The minimum absolute atomic E-state index is 0.276. The maximum absolute atomic E-state index is 5.65. The molecule has 1 saturated heterocycles. The minimum atomic E-state index is -0.391. The van der Waals surface area contributed by atoms with E-state index in [4.69, 9.17) is 20.0 Å². The van der Waals surface area contributed by atoms with Gasteiger partial charge in [0.25, 0.3) is 5.89 Å². The SMILES string of the molecule is CC(c1ccc(-c2cnc(N)cn2)nc1)(c1noc(-c2cnn(C3COC3)c2)n1)C1CC1. The van der Waals surface area contributed by atoms with Gasteiger partial charge in [0.15, 0.2) is 5.82 Å². The lowest BCUT2D eigenvalue weighted by Gasteiger charge is -2.26. The van der Waals surface area contributed by atoms with Crippen LogP contribution in [0.3, 0.4) is 0 Å². The summed E-state index contributed by atoms with van der Waals surface area (Å²) in [6.07, 6.45) is 10.9. The van der Waals surface area contributed by atoms with Crippen LogP contribution in [0.15, 0.2) is 47.6 Å². The highest BCUT2D eigenvalue weighted by Crippen LogP contribution is 2.50. The molecule has 10 nitrogen and oxygen atoms in total. The number of nitrogens with two attached hydrogens (primary N) is 1. The van der Waals surface area contributed by atoms with Crippen LogP contribution in [0.2, 0.25) is 0 Å². The lowest BCUT2D eigenvalue weighted by atomic mass is 9.77. The first-order valence-electron chi connectivity index (χ1n) is 10.6. The molecule has 6 rings (SSSR count). The van der Waals surface area contributed by atoms with Crippen LogP contribution in [0.5, 0.6) is 0 Å². The summed E-state index contributed by atoms with van der Waals surface area (Å²) in [6.45, 7) is 3.52. The van der Waals surface area contributed by atoms with Gasteiger partial charge in [-0.3, -0.25) is 9.67 Å². The van der Waals surface area contributed by atoms with Gasteiger partial charge < -0.3 is 15.0 Å². The van der Waals surface area contributed by atoms with Crippen molar-refractivity contribution in [3.05, 3.63) is 54.5 Å². The van der Waals surface area contributed by atoms with Crippen LogP contribution >= 0.6 is 0 Å². The maximum Gasteiger partial charge on any atom is 0.261 e. The summed E-state index contributed by atoms with van der Waals surface area (Å²) in [6, 6.07) is 4.28. The second kappa shape index (κ2) is 7.20. The van der Waals surface area contributed by atoms with Gasteiger partial charge in [0, 0.05) is 12.4 Å². The summed E-state index contributed by atoms with van der Waals surface area (Å²) >= 11 is 0. The highest BCUT2D eigenvalue weighted by Gasteiger charge is 2.47. The van der Waals surface area contributed by atoms with Gasteiger partial charge >= 0.3 is 0 Å². The van der Waals surface area contributed by atoms with Crippen molar-refractivity contribution in [2.45, 2.75) is 31.2 Å². The van der Waals surface area contributed by atoms with E-state index in [-0.39, 0.29) is 6.04 Å². The van der Waals surface area contributed by atoms with Crippen molar-refractivity contribution in [3.63, 3.8) is 0 Å². The molecule has 2 N–H and O–H groups in total. The molecule has 0 aromatic carbocycles. The second-order valence-corrected chi connectivity index (χ2v) is 8.56. The topological polar surface area (TPSA) is 131 Å². The summed E-state index contributed by atoms with van der Waals surface area (Å²) < 4.78 is 12.8. The van der Waals surface area contributed by atoms with Crippen molar-refractivity contribution in [1.29, 1.82) is 0 Å². The minimum Gasteiger partial charge on any atom is -0.382 e. The molecule has 0 amide bonds. The van der Waals surface area contributed by atoms with Crippen molar-refractivity contribution in [3.8, 4) is 22.8 Å². The van der Waals surface area contributed by atoms with E-state index in [1.165, 1.54) is 6.20 Å². The molecule has 10 heteroatoms. The number of rotatable bonds is 6. The Morgan fingerprint density at radius 1 is 1.03 bits per heavy atom. The smallest absolute Gasteiger partial charge is 0.261 e. The Hall–Kier alpha value is -3.66. The number of hydrogen-bond donors (Lipinski definition) is 1. The fraction of sp³-hybridized carbons (Fsp3) is 0.364. The molecular formula is C22H22N8O2. The summed E-state index contributed by atoms with van der Waals surface area (Å²) in [5, 5.41) is 8.78. The molecule has 2 aliphatic rings. The zero-order valence-corrected chi connectivity index (χ0v) is 17.5. The molecule has 0 bridgehead atoms. The zero-order chi connectivity index (χ0) is 21.7. The zero-order valence-electron chi connectivity index (χ0n) is 17.5. The fourth-order valence-corrected chi connectivity index (χ4v) is 4.11. The van der Waals surface area contributed by atoms with Crippen LogP contribution in [-0.2, 0) is 10.2 Å². The van der Waals surface area contributed by atoms with E-state index < -0.39 is 5.41 Å². The predicted molar refractivity (Wildman–Crippen MR) is 114 cm³/mol. The Balaban J connectivity index is 1.31. The highest BCUT2D eigenvalue weighted by atomic mass is 16.5. The fourth-order valence-electron chi connectivity index (χ4n) is 4.11. The average Bonchev–Trinajstić information content (AvgIpc) is 3.33. The van der Waals surface area contributed by atoms with Crippen LogP contribution in [0.1, 0.15) is 37.2 Å². The third kappa shape index (κ3) is 3.14. The molecule has 0 radical (unpaired) electrons. The van der Waals surface area contributed by atoms with Crippen LogP contribution in [-0.4, -0.2) is 48.1 Å². The van der Waals surface area contributed by atoms with Gasteiger partial charge in [-0.1, -0.05) is 11.2 Å². The maximum atomic E-state index is 5.65. The molecule has 1 saturated carbocycles. The van der Waals surface area contributed by atoms with Gasteiger partial charge in [0.2, 0.25) is 0 Å². The second-order valence-electron chi connectivity index (χ2n) is 8.56. The quantitative estimate of drug-likeness (QED) is 0.490. The summed E-state index contributed by atoms with van der Waals surface area (Å²) in [7, 11) is 0. The standard InChI is InChI=1S/C22H22N8O2/c1-22(14-2-3-14,15-4-5-17(24-7-15)18-8-26-19(23)9-25-18)21-28-20(32-29-21)13-6-27-30(10-13)16-11-31-12-16/h4-10,14,16H,2-3,11-12H2,1H3,(H2,23,26). The van der Waals surface area contributed by atoms with E-state index in [2.05, 4.69) is 38.2 Å². The van der Waals surface area contributed by atoms with Crippen LogP contribution < -0.4 is 5.73 Å². The van der Waals surface area contributed by atoms with Crippen molar-refractivity contribution in [2.24, 2.45) is 5.92 Å². The van der Waals surface area contributed by atoms with Gasteiger partial charge in [-0.05, 0) is 37.3 Å². The molecule has 4 aromatic heterocycles. The monoisotopic (exact) mass is 430 g/mol. The lowest BCUT2D eigenvalue weighted by Crippen LogP contribution is -2.30. The van der Waals surface area contributed by atoms with Crippen molar-refractivity contribution in [1.82, 2.24) is 34.9 Å². The van der Waals surface area contributed by atoms with Gasteiger partial charge in [-0.15, -0.1) is 0 Å². The third-order valence-electron chi connectivity index (χ3n) is 6.42. The first-order valence-corrected chi connectivity index (χ1v) is 10.6. The van der Waals surface area contributed by atoms with Crippen LogP contribution in [0, 0.1) is 5.92 Å². The molecule has 1 atom stereocenters. The summed E-state index contributed by atoms with van der Waals surface area (Å²) in [5.74, 6) is 1.95. The van der Waals surface area contributed by atoms with Gasteiger partial charge in [-0.2, -0.15) is 10.1 Å². The first kappa shape index (κ1) is 19.1. The van der Waals surface area contributed by atoms with Gasteiger partial charge in [-0.25, -0.2) is 9.97 Å². The molecular weight excluding hydrogens is 408 g/mol. The van der Waals surface area contributed by atoms with E-state index in [0.29, 0.717) is 42.4 Å². The van der Waals surface area contributed by atoms with Crippen molar-refractivity contribution >= 4 is 5.82 Å². The Labute approximate surface area is 183 Å². The van der Waals surface area contributed by atoms with E-state index in [1.54, 1.807) is 12.4 Å². The third-order valence-corrected chi connectivity index (χ3v) is 6.42. The molecule has 5 heterocycles. The molecule has 162 valence electrons. The van der Waals surface area contributed by atoms with E-state index >= 15 is 0 Å². The van der Waals surface area contributed by atoms with Gasteiger partial charge in [0.05, 0.1) is 54.5 Å². The predicted octanol–water partition coefficient (Wildman–Crippen LogP) is 2.65. The normalized spacial score (nSPS) is 18.3. The van der Waals surface area contributed by atoms with Crippen molar-refractivity contribution < 1.29 is 9.26 Å².